The van der Waals surface area contributed by atoms with Crippen LogP contribution in [-0.4, -0.2) is 5.91 Å². The molecule has 0 radical (unpaired) electrons. The van der Waals surface area contributed by atoms with Crippen molar-refractivity contribution in [3.63, 3.8) is 0 Å². The number of aryl methyl sites for hydroxylation is 1. The van der Waals surface area contributed by atoms with Crippen LogP contribution in [0.4, 0.5) is 0 Å². The first-order chi connectivity index (χ1) is 6.62. The minimum Gasteiger partial charge on any atom is -0.347 e. The average Bonchev–Trinajstić information content (AvgIpc) is 2.44. The van der Waals surface area contributed by atoms with Gasteiger partial charge < -0.3 is 5.32 Å². The zero-order valence-electron chi connectivity index (χ0n) is 8.63. The Morgan fingerprint density at radius 1 is 1.43 bits per heavy atom. The van der Waals surface area contributed by atoms with Gasteiger partial charge in [-0.1, -0.05) is 24.3 Å². The molecule has 1 aliphatic rings. The number of carbonyl (C=O) groups is 1. The lowest BCUT2D eigenvalue weighted by Gasteiger charge is -2.26. The second-order valence-electron chi connectivity index (χ2n) is 4.17. The molecule has 0 saturated heterocycles. The summed E-state index contributed by atoms with van der Waals surface area (Å²) in [5, 5.41) is 3.04. The van der Waals surface area contributed by atoms with Crippen LogP contribution in [0.1, 0.15) is 31.4 Å². The minimum absolute atomic E-state index is 0.0456. The van der Waals surface area contributed by atoms with E-state index >= 15 is 0 Å². The Kier molecular flexibility index (Phi) is 2.06. The third kappa shape index (κ3) is 1.41. The quantitative estimate of drug-likeness (QED) is 0.719. The third-order valence-corrected chi connectivity index (χ3v) is 2.96. The van der Waals surface area contributed by atoms with Crippen LogP contribution in [0.5, 0.6) is 0 Å². The number of fused-ring (bicyclic) bond motifs is 1. The second-order valence-corrected chi connectivity index (χ2v) is 4.17. The first kappa shape index (κ1) is 9.25. The Morgan fingerprint density at radius 3 is 2.86 bits per heavy atom. The number of rotatable bonds is 1. The summed E-state index contributed by atoms with van der Waals surface area (Å²) in [7, 11) is 0. The van der Waals surface area contributed by atoms with E-state index < -0.39 is 0 Å². The van der Waals surface area contributed by atoms with Crippen LogP contribution in [0.25, 0.3) is 0 Å². The van der Waals surface area contributed by atoms with Crippen molar-refractivity contribution in [1.82, 2.24) is 5.32 Å². The minimum atomic E-state index is -0.150. The molecule has 1 aromatic rings. The Labute approximate surface area is 84.3 Å². The van der Waals surface area contributed by atoms with E-state index in [0.717, 1.165) is 12.8 Å². The zero-order valence-corrected chi connectivity index (χ0v) is 8.63. The Morgan fingerprint density at radius 2 is 2.14 bits per heavy atom. The molecular weight excluding hydrogens is 174 g/mol. The normalized spacial score (nSPS) is 24.4. The SMILES string of the molecule is CC(=O)NC1(C)CCc2ccccc21. The molecule has 14 heavy (non-hydrogen) atoms. The molecule has 0 spiro atoms. The number of carbonyl (C=O) groups excluding carboxylic acids is 1. The van der Waals surface area contributed by atoms with Gasteiger partial charge in [0.25, 0.3) is 0 Å². The van der Waals surface area contributed by atoms with Gasteiger partial charge in [-0.2, -0.15) is 0 Å². The predicted molar refractivity (Wildman–Crippen MR) is 55.9 cm³/mol. The van der Waals surface area contributed by atoms with Crippen LogP contribution in [-0.2, 0) is 16.8 Å². The van der Waals surface area contributed by atoms with Crippen LogP contribution in [0.2, 0.25) is 0 Å². The number of hydrogen-bond acceptors (Lipinski definition) is 1. The summed E-state index contributed by atoms with van der Waals surface area (Å²) in [6.45, 7) is 3.67. The number of hydrogen-bond donors (Lipinski definition) is 1. The highest BCUT2D eigenvalue weighted by Crippen LogP contribution is 2.36. The van der Waals surface area contributed by atoms with E-state index in [-0.39, 0.29) is 11.4 Å². The highest BCUT2D eigenvalue weighted by molar-refractivity contribution is 5.74. The van der Waals surface area contributed by atoms with Crippen molar-refractivity contribution in [2.45, 2.75) is 32.2 Å². The predicted octanol–water partition coefficient (Wildman–Crippen LogP) is 1.98. The molecule has 0 saturated carbocycles. The lowest BCUT2D eigenvalue weighted by molar-refractivity contribution is -0.120. The number of amides is 1. The summed E-state index contributed by atoms with van der Waals surface area (Å²) in [5.74, 6) is 0.0456. The van der Waals surface area contributed by atoms with Gasteiger partial charge in [-0.3, -0.25) is 4.79 Å². The van der Waals surface area contributed by atoms with Crippen LogP contribution < -0.4 is 5.32 Å². The van der Waals surface area contributed by atoms with E-state index in [4.69, 9.17) is 0 Å². The molecule has 0 bridgehead atoms. The average molecular weight is 189 g/mol. The smallest absolute Gasteiger partial charge is 0.217 e. The standard InChI is InChI=1S/C12H15NO/c1-9(14)13-12(2)8-7-10-5-3-4-6-11(10)12/h3-6H,7-8H2,1-2H3,(H,13,14). The van der Waals surface area contributed by atoms with E-state index in [1.54, 1.807) is 6.92 Å². The Bertz CT molecular complexity index is 372. The molecule has 0 aromatic heterocycles. The van der Waals surface area contributed by atoms with Gasteiger partial charge in [0.2, 0.25) is 5.91 Å². The molecule has 0 heterocycles. The van der Waals surface area contributed by atoms with Crippen molar-refractivity contribution in [1.29, 1.82) is 0 Å². The summed E-state index contributed by atoms with van der Waals surface area (Å²) in [6, 6.07) is 8.34. The number of benzene rings is 1. The lowest BCUT2D eigenvalue weighted by atomic mass is 9.94. The molecular formula is C12H15NO. The van der Waals surface area contributed by atoms with E-state index in [1.807, 2.05) is 6.07 Å². The van der Waals surface area contributed by atoms with Gasteiger partial charge >= 0.3 is 0 Å². The van der Waals surface area contributed by atoms with Gasteiger partial charge in [0.1, 0.15) is 0 Å². The molecule has 2 nitrogen and oxygen atoms in total. The van der Waals surface area contributed by atoms with Crippen molar-refractivity contribution in [3.8, 4) is 0 Å². The van der Waals surface area contributed by atoms with Gasteiger partial charge in [-0.05, 0) is 30.9 Å². The first-order valence-electron chi connectivity index (χ1n) is 4.99. The van der Waals surface area contributed by atoms with Gasteiger partial charge in [0, 0.05) is 6.92 Å². The van der Waals surface area contributed by atoms with Crippen molar-refractivity contribution >= 4 is 5.91 Å². The van der Waals surface area contributed by atoms with Crippen molar-refractivity contribution in [2.75, 3.05) is 0 Å². The highest BCUT2D eigenvalue weighted by Gasteiger charge is 2.34. The van der Waals surface area contributed by atoms with Gasteiger partial charge in [-0.25, -0.2) is 0 Å². The molecule has 1 N–H and O–H groups in total. The molecule has 0 aliphatic heterocycles. The van der Waals surface area contributed by atoms with Crippen molar-refractivity contribution < 1.29 is 4.79 Å². The third-order valence-electron chi connectivity index (χ3n) is 2.96. The van der Waals surface area contributed by atoms with Gasteiger partial charge in [0.05, 0.1) is 5.54 Å². The summed E-state index contributed by atoms with van der Waals surface area (Å²) in [5.41, 5.74) is 2.49. The Hall–Kier alpha value is -1.31. The fourth-order valence-corrected chi connectivity index (χ4v) is 2.31. The van der Waals surface area contributed by atoms with Crippen LogP contribution >= 0.6 is 0 Å². The van der Waals surface area contributed by atoms with Crippen LogP contribution in [0, 0.1) is 0 Å². The summed E-state index contributed by atoms with van der Waals surface area (Å²) in [6.07, 6.45) is 2.07. The largest absolute Gasteiger partial charge is 0.347 e. The van der Waals surface area contributed by atoms with E-state index in [1.165, 1.54) is 11.1 Å². The fourth-order valence-electron chi connectivity index (χ4n) is 2.31. The summed E-state index contributed by atoms with van der Waals surface area (Å²) in [4.78, 5) is 11.1. The highest BCUT2D eigenvalue weighted by atomic mass is 16.1. The van der Waals surface area contributed by atoms with Crippen LogP contribution in [0.15, 0.2) is 24.3 Å². The first-order valence-corrected chi connectivity index (χ1v) is 4.99. The fraction of sp³-hybridized carbons (Fsp3) is 0.417. The van der Waals surface area contributed by atoms with Crippen molar-refractivity contribution in [2.24, 2.45) is 0 Å². The van der Waals surface area contributed by atoms with Crippen LogP contribution in [0.3, 0.4) is 0 Å². The molecule has 1 unspecified atom stereocenters. The summed E-state index contributed by atoms with van der Waals surface area (Å²) < 4.78 is 0. The van der Waals surface area contributed by atoms with E-state index in [9.17, 15) is 4.79 Å². The molecule has 0 fully saturated rings. The second kappa shape index (κ2) is 3.12. The molecule has 1 aromatic carbocycles. The molecule has 2 heteroatoms. The maximum atomic E-state index is 11.1. The summed E-state index contributed by atoms with van der Waals surface area (Å²) >= 11 is 0. The molecule has 2 rings (SSSR count). The zero-order chi connectivity index (χ0) is 10.2. The van der Waals surface area contributed by atoms with Gasteiger partial charge in [0.15, 0.2) is 0 Å². The van der Waals surface area contributed by atoms with E-state index in [2.05, 4.69) is 30.4 Å². The maximum Gasteiger partial charge on any atom is 0.217 e. The monoisotopic (exact) mass is 189 g/mol. The Balaban J connectivity index is 2.37. The number of nitrogens with one attached hydrogen (secondary N) is 1. The van der Waals surface area contributed by atoms with Crippen molar-refractivity contribution in [3.05, 3.63) is 35.4 Å². The molecule has 74 valence electrons. The molecule has 1 amide bonds. The molecule has 1 atom stereocenters. The lowest BCUT2D eigenvalue weighted by Crippen LogP contribution is -2.40. The van der Waals surface area contributed by atoms with Gasteiger partial charge in [-0.15, -0.1) is 0 Å². The van der Waals surface area contributed by atoms with E-state index in [0.29, 0.717) is 0 Å². The molecule has 1 aliphatic carbocycles. The maximum absolute atomic E-state index is 11.1. The topological polar surface area (TPSA) is 29.1 Å².